The molecule has 2 heterocycles. The molecule has 0 saturated heterocycles. The van der Waals surface area contributed by atoms with Crippen molar-refractivity contribution in [2.24, 2.45) is 0 Å². The Morgan fingerprint density at radius 2 is 1.63 bits per heavy atom. The van der Waals surface area contributed by atoms with Crippen molar-refractivity contribution in [2.75, 3.05) is 0 Å². The Labute approximate surface area is 107 Å². The third kappa shape index (κ3) is 2.11. The quantitative estimate of drug-likeness (QED) is 0.747. The normalized spacial score (nSPS) is 10.5. The van der Waals surface area contributed by atoms with Gasteiger partial charge in [0.1, 0.15) is 0 Å². The second kappa shape index (κ2) is 4.41. The fourth-order valence-electron chi connectivity index (χ4n) is 1.69. The molecule has 1 N–H and O–H groups in total. The number of rotatable bonds is 2. The van der Waals surface area contributed by atoms with Crippen LogP contribution in [0, 0.1) is 0 Å². The van der Waals surface area contributed by atoms with Gasteiger partial charge in [-0.25, -0.2) is 14.8 Å². The molecule has 0 radical (unpaired) electrons. The van der Waals surface area contributed by atoms with E-state index in [1.54, 1.807) is 12.4 Å². The molecule has 92 valence electrons. The molecule has 0 aliphatic rings. The molecule has 0 aliphatic heterocycles. The number of carboxylic acid groups (broad SMARTS) is 1. The summed E-state index contributed by atoms with van der Waals surface area (Å²) in [5.74, 6) is -0.589. The van der Waals surface area contributed by atoms with Crippen molar-refractivity contribution in [3.8, 4) is 11.4 Å². The highest BCUT2D eigenvalue weighted by Crippen LogP contribution is 2.18. The standard InChI is InChI=1S/C13H8N4O2/c18-13(19)9-6-16-12(17-7-9)8-1-2-10-11(5-8)15-4-3-14-10/h1-7H,(H,18,19). The number of hydrogen-bond donors (Lipinski definition) is 1. The molecular formula is C13H8N4O2. The van der Waals surface area contributed by atoms with Crippen LogP contribution in [0.1, 0.15) is 10.4 Å². The van der Waals surface area contributed by atoms with Gasteiger partial charge in [-0.1, -0.05) is 0 Å². The number of nitrogens with zero attached hydrogens (tertiary/aromatic N) is 4. The number of benzene rings is 1. The van der Waals surface area contributed by atoms with Gasteiger partial charge < -0.3 is 5.11 Å². The Morgan fingerprint density at radius 3 is 2.32 bits per heavy atom. The van der Waals surface area contributed by atoms with Gasteiger partial charge in [-0.05, 0) is 18.2 Å². The first-order valence-corrected chi connectivity index (χ1v) is 5.50. The minimum absolute atomic E-state index is 0.0596. The molecule has 0 aliphatic carbocycles. The van der Waals surface area contributed by atoms with Crippen LogP contribution in [0.15, 0.2) is 43.0 Å². The monoisotopic (exact) mass is 252 g/mol. The Balaban J connectivity index is 2.06. The average molecular weight is 252 g/mol. The van der Waals surface area contributed by atoms with Crippen molar-refractivity contribution in [3.05, 3.63) is 48.5 Å². The molecule has 19 heavy (non-hydrogen) atoms. The van der Waals surface area contributed by atoms with Crippen LogP contribution in [0.5, 0.6) is 0 Å². The van der Waals surface area contributed by atoms with Gasteiger partial charge in [0.25, 0.3) is 0 Å². The lowest BCUT2D eigenvalue weighted by atomic mass is 10.2. The summed E-state index contributed by atoms with van der Waals surface area (Å²) in [5, 5.41) is 8.79. The van der Waals surface area contributed by atoms with Gasteiger partial charge in [0, 0.05) is 30.4 Å². The van der Waals surface area contributed by atoms with Crippen molar-refractivity contribution in [1.82, 2.24) is 19.9 Å². The summed E-state index contributed by atoms with van der Waals surface area (Å²) in [5.41, 5.74) is 2.36. The highest BCUT2D eigenvalue weighted by Gasteiger charge is 2.07. The van der Waals surface area contributed by atoms with Crippen molar-refractivity contribution in [2.45, 2.75) is 0 Å². The minimum atomic E-state index is -1.05. The van der Waals surface area contributed by atoms with Gasteiger partial charge in [-0.15, -0.1) is 0 Å². The molecule has 1 aromatic carbocycles. The molecule has 0 spiro atoms. The van der Waals surface area contributed by atoms with Crippen molar-refractivity contribution < 1.29 is 9.90 Å². The van der Waals surface area contributed by atoms with Gasteiger partial charge in [0.15, 0.2) is 5.82 Å². The maximum absolute atomic E-state index is 10.7. The van der Waals surface area contributed by atoms with E-state index in [2.05, 4.69) is 19.9 Å². The fraction of sp³-hybridized carbons (Fsp3) is 0. The van der Waals surface area contributed by atoms with Gasteiger partial charge in [0.05, 0.1) is 16.6 Å². The number of carbonyl (C=O) groups is 1. The predicted octanol–water partition coefficient (Wildman–Crippen LogP) is 1.78. The smallest absolute Gasteiger partial charge is 0.338 e. The van der Waals surface area contributed by atoms with E-state index >= 15 is 0 Å². The highest BCUT2D eigenvalue weighted by molar-refractivity contribution is 5.87. The van der Waals surface area contributed by atoms with Crippen LogP contribution in [0.2, 0.25) is 0 Å². The topological polar surface area (TPSA) is 88.9 Å². The summed E-state index contributed by atoms with van der Waals surface area (Å²) in [6.07, 6.45) is 5.80. The zero-order valence-corrected chi connectivity index (χ0v) is 9.69. The molecule has 6 nitrogen and oxygen atoms in total. The van der Waals surface area contributed by atoms with E-state index in [-0.39, 0.29) is 5.56 Å². The van der Waals surface area contributed by atoms with Crippen LogP contribution >= 0.6 is 0 Å². The van der Waals surface area contributed by atoms with Gasteiger partial charge in [-0.3, -0.25) is 9.97 Å². The molecule has 3 aromatic rings. The molecule has 0 bridgehead atoms. The van der Waals surface area contributed by atoms with Crippen LogP contribution in [-0.4, -0.2) is 31.0 Å². The second-order valence-corrected chi connectivity index (χ2v) is 3.86. The Kier molecular flexibility index (Phi) is 2.60. The van der Waals surface area contributed by atoms with Crippen LogP contribution in [0.3, 0.4) is 0 Å². The molecule has 0 unspecified atom stereocenters. The predicted molar refractivity (Wildman–Crippen MR) is 67.5 cm³/mol. The fourth-order valence-corrected chi connectivity index (χ4v) is 1.69. The van der Waals surface area contributed by atoms with E-state index in [0.29, 0.717) is 5.82 Å². The van der Waals surface area contributed by atoms with Crippen molar-refractivity contribution in [3.63, 3.8) is 0 Å². The number of aromatic carboxylic acids is 1. The van der Waals surface area contributed by atoms with Crippen LogP contribution in [0.4, 0.5) is 0 Å². The lowest BCUT2D eigenvalue weighted by molar-refractivity contribution is 0.0696. The first kappa shape index (κ1) is 11.2. The van der Waals surface area contributed by atoms with E-state index in [1.807, 2.05) is 18.2 Å². The minimum Gasteiger partial charge on any atom is -0.478 e. The second-order valence-electron chi connectivity index (χ2n) is 3.86. The average Bonchev–Trinajstić information content (AvgIpc) is 2.47. The molecule has 3 rings (SSSR count). The van der Waals surface area contributed by atoms with Crippen molar-refractivity contribution >= 4 is 17.0 Å². The molecule has 0 atom stereocenters. The maximum Gasteiger partial charge on any atom is 0.338 e. The lowest BCUT2D eigenvalue weighted by Crippen LogP contribution is -1.99. The Morgan fingerprint density at radius 1 is 0.947 bits per heavy atom. The Bertz CT molecular complexity index is 756. The van der Waals surface area contributed by atoms with E-state index in [4.69, 9.17) is 5.11 Å². The molecule has 0 amide bonds. The van der Waals surface area contributed by atoms with Crippen LogP contribution in [0.25, 0.3) is 22.4 Å². The largest absolute Gasteiger partial charge is 0.478 e. The van der Waals surface area contributed by atoms with Gasteiger partial charge in [-0.2, -0.15) is 0 Å². The first-order valence-electron chi connectivity index (χ1n) is 5.50. The van der Waals surface area contributed by atoms with E-state index in [1.165, 1.54) is 12.4 Å². The number of fused-ring (bicyclic) bond motifs is 1. The van der Waals surface area contributed by atoms with Crippen molar-refractivity contribution in [1.29, 1.82) is 0 Å². The molecule has 0 fully saturated rings. The number of aromatic nitrogens is 4. The first-order chi connectivity index (χ1) is 9.24. The SMILES string of the molecule is O=C(O)c1cnc(-c2ccc3nccnc3c2)nc1. The third-order valence-corrected chi connectivity index (χ3v) is 2.63. The molecular weight excluding hydrogens is 244 g/mol. The summed E-state index contributed by atoms with van der Waals surface area (Å²) in [7, 11) is 0. The van der Waals surface area contributed by atoms with Gasteiger partial charge in [0.2, 0.25) is 0 Å². The summed E-state index contributed by atoms with van der Waals surface area (Å²) < 4.78 is 0. The van der Waals surface area contributed by atoms with E-state index < -0.39 is 5.97 Å². The Hall–Kier alpha value is -2.89. The zero-order chi connectivity index (χ0) is 13.2. The summed E-state index contributed by atoms with van der Waals surface area (Å²) in [6, 6.07) is 5.47. The summed E-state index contributed by atoms with van der Waals surface area (Å²) in [6.45, 7) is 0. The lowest BCUT2D eigenvalue weighted by Gasteiger charge is -2.01. The highest BCUT2D eigenvalue weighted by atomic mass is 16.4. The molecule has 6 heteroatoms. The van der Waals surface area contributed by atoms with E-state index in [0.717, 1.165) is 16.6 Å². The van der Waals surface area contributed by atoms with Gasteiger partial charge >= 0.3 is 5.97 Å². The van der Waals surface area contributed by atoms with Crippen LogP contribution < -0.4 is 0 Å². The van der Waals surface area contributed by atoms with Crippen LogP contribution in [-0.2, 0) is 0 Å². The number of hydrogen-bond acceptors (Lipinski definition) is 5. The molecule has 2 aromatic heterocycles. The zero-order valence-electron chi connectivity index (χ0n) is 9.69. The third-order valence-electron chi connectivity index (χ3n) is 2.63. The van der Waals surface area contributed by atoms with E-state index in [9.17, 15) is 4.79 Å². The summed E-state index contributed by atoms with van der Waals surface area (Å²) in [4.78, 5) is 27.2. The number of carboxylic acids is 1. The maximum atomic E-state index is 10.7. The summed E-state index contributed by atoms with van der Waals surface area (Å²) >= 11 is 0. The molecule has 0 saturated carbocycles.